The summed E-state index contributed by atoms with van der Waals surface area (Å²) in [4.78, 5) is 11.7. The van der Waals surface area contributed by atoms with Crippen molar-refractivity contribution in [3.05, 3.63) is 41.3 Å². The number of anilines is 1. The molecular formula is C15H14ClN3S. The minimum absolute atomic E-state index is 0.527. The van der Waals surface area contributed by atoms with Crippen molar-refractivity contribution >= 4 is 38.8 Å². The fourth-order valence-corrected chi connectivity index (χ4v) is 3.58. The maximum absolute atomic E-state index is 6.15. The second kappa shape index (κ2) is 5.04. The van der Waals surface area contributed by atoms with Crippen LogP contribution < -0.4 is 4.90 Å². The molecule has 3 aromatic rings. The molecule has 0 unspecified atom stereocenters. The van der Waals surface area contributed by atoms with Crippen LogP contribution >= 0.6 is 22.9 Å². The van der Waals surface area contributed by atoms with Gasteiger partial charge in [0.15, 0.2) is 0 Å². The molecule has 0 radical (unpaired) electrons. The predicted molar refractivity (Wildman–Crippen MR) is 86.9 cm³/mol. The van der Waals surface area contributed by atoms with Gasteiger partial charge in [0, 0.05) is 24.7 Å². The van der Waals surface area contributed by atoms with Crippen molar-refractivity contribution in [1.82, 2.24) is 9.97 Å². The van der Waals surface area contributed by atoms with Crippen LogP contribution in [0.15, 0.2) is 30.6 Å². The third kappa shape index (κ3) is 2.15. The van der Waals surface area contributed by atoms with Crippen molar-refractivity contribution in [3.63, 3.8) is 0 Å². The van der Waals surface area contributed by atoms with Crippen LogP contribution in [0.4, 0.5) is 5.69 Å². The molecule has 0 bridgehead atoms. The topological polar surface area (TPSA) is 29.0 Å². The monoisotopic (exact) mass is 303 g/mol. The van der Waals surface area contributed by atoms with Gasteiger partial charge in [-0.05, 0) is 30.2 Å². The number of nitrogens with zero attached hydrogens (tertiary/aromatic N) is 3. The summed E-state index contributed by atoms with van der Waals surface area (Å²) < 4.78 is 0.957. The fraction of sp³-hybridized carbons (Fsp3) is 0.200. The lowest BCUT2D eigenvalue weighted by Gasteiger charge is -2.12. The normalized spacial score (nSPS) is 11.0. The molecule has 0 fully saturated rings. The summed E-state index contributed by atoms with van der Waals surface area (Å²) >= 11 is 7.80. The minimum Gasteiger partial charge on any atom is -0.378 e. The zero-order valence-electron chi connectivity index (χ0n) is 11.5. The molecule has 0 spiro atoms. The Kier molecular flexibility index (Phi) is 3.36. The smallest absolute Gasteiger partial charge is 0.150 e. The Balaban J connectivity index is 2.14. The molecule has 0 atom stereocenters. The average molecular weight is 304 g/mol. The maximum Gasteiger partial charge on any atom is 0.150 e. The van der Waals surface area contributed by atoms with Crippen molar-refractivity contribution < 1.29 is 0 Å². The summed E-state index contributed by atoms with van der Waals surface area (Å²) in [6.07, 6.45) is 1.52. The Hall–Kier alpha value is -1.65. The van der Waals surface area contributed by atoms with Gasteiger partial charge in [-0.15, -0.1) is 11.3 Å². The van der Waals surface area contributed by atoms with Crippen molar-refractivity contribution in [2.24, 2.45) is 0 Å². The average Bonchev–Trinajstić information content (AvgIpc) is 2.78. The molecule has 2 aromatic heterocycles. The van der Waals surface area contributed by atoms with E-state index in [9.17, 15) is 0 Å². The molecule has 5 heteroatoms. The standard InChI is InChI=1S/C15H14ClN3S/c1-9-12-14(15(16)18-8-17-12)20-13(9)10-4-6-11(7-5-10)19(2)3/h4-8H,1-3H3. The Morgan fingerprint density at radius 2 is 1.80 bits per heavy atom. The molecule has 0 aliphatic rings. The van der Waals surface area contributed by atoms with Crippen molar-refractivity contribution in [2.75, 3.05) is 19.0 Å². The van der Waals surface area contributed by atoms with Gasteiger partial charge in [-0.3, -0.25) is 0 Å². The molecule has 0 amide bonds. The highest BCUT2D eigenvalue weighted by atomic mass is 35.5. The van der Waals surface area contributed by atoms with Gasteiger partial charge in [0.25, 0.3) is 0 Å². The van der Waals surface area contributed by atoms with Crippen LogP contribution in [-0.2, 0) is 0 Å². The highest BCUT2D eigenvalue weighted by Crippen LogP contribution is 2.39. The molecule has 1 aromatic carbocycles. The zero-order chi connectivity index (χ0) is 14.3. The van der Waals surface area contributed by atoms with Crippen LogP contribution in [0, 0.1) is 6.92 Å². The van der Waals surface area contributed by atoms with Crippen LogP contribution in [0.2, 0.25) is 5.15 Å². The van der Waals surface area contributed by atoms with Gasteiger partial charge in [0.05, 0.1) is 10.2 Å². The van der Waals surface area contributed by atoms with Crippen molar-refractivity contribution in [1.29, 1.82) is 0 Å². The first-order chi connectivity index (χ1) is 9.58. The number of hydrogen-bond acceptors (Lipinski definition) is 4. The summed E-state index contributed by atoms with van der Waals surface area (Å²) in [5, 5.41) is 0.527. The summed E-state index contributed by atoms with van der Waals surface area (Å²) in [5.74, 6) is 0. The summed E-state index contributed by atoms with van der Waals surface area (Å²) in [7, 11) is 4.07. The third-order valence-electron chi connectivity index (χ3n) is 3.31. The fourth-order valence-electron chi connectivity index (χ4n) is 2.18. The first-order valence-corrected chi connectivity index (χ1v) is 7.44. The van der Waals surface area contributed by atoms with Gasteiger partial charge < -0.3 is 4.90 Å². The minimum atomic E-state index is 0.527. The largest absolute Gasteiger partial charge is 0.378 e. The first-order valence-electron chi connectivity index (χ1n) is 6.25. The van der Waals surface area contributed by atoms with E-state index in [1.807, 2.05) is 14.1 Å². The molecule has 3 nitrogen and oxygen atoms in total. The Labute approximate surface area is 126 Å². The van der Waals surface area contributed by atoms with Gasteiger partial charge in [0.1, 0.15) is 11.5 Å². The third-order valence-corrected chi connectivity index (χ3v) is 5.04. The lowest BCUT2D eigenvalue weighted by Crippen LogP contribution is -2.07. The molecular weight excluding hydrogens is 290 g/mol. The van der Waals surface area contributed by atoms with Gasteiger partial charge >= 0.3 is 0 Å². The Morgan fingerprint density at radius 1 is 1.10 bits per heavy atom. The molecule has 20 heavy (non-hydrogen) atoms. The number of aryl methyl sites for hydroxylation is 1. The Morgan fingerprint density at radius 3 is 2.40 bits per heavy atom. The van der Waals surface area contributed by atoms with Crippen LogP contribution in [0.25, 0.3) is 20.7 Å². The summed E-state index contributed by atoms with van der Waals surface area (Å²) in [6.45, 7) is 2.08. The van der Waals surface area contributed by atoms with E-state index in [0.717, 1.165) is 15.8 Å². The Bertz CT molecular complexity index is 763. The van der Waals surface area contributed by atoms with Crippen LogP contribution in [0.1, 0.15) is 5.56 Å². The molecule has 0 aliphatic heterocycles. The quantitative estimate of drug-likeness (QED) is 0.658. The summed E-state index contributed by atoms with van der Waals surface area (Å²) in [5.41, 5.74) is 4.48. The highest BCUT2D eigenvalue weighted by Gasteiger charge is 2.14. The molecule has 0 saturated carbocycles. The van der Waals surface area contributed by atoms with E-state index in [-0.39, 0.29) is 0 Å². The maximum atomic E-state index is 6.15. The van der Waals surface area contributed by atoms with E-state index < -0.39 is 0 Å². The second-order valence-electron chi connectivity index (χ2n) is 4.84. The second-order valence-corrected chi connectivity index (χ2v) is 6.22. The molecule has 3 rings (SSSR count). The van der Waals surface area contributed by atoms with Gasteiger partial charge in [-0.2, -0.15) is 0 Å². The van der Waals surface area contributed by atoms with E-state index in [0.29, 0.717) is 5.15 Å². The SMILES string of the molecule is Cc1c(-c2ccc(N(C)C)cc2)sc2c(Cl)ncnc12. The number of benzene rings is 1. The van der Waals surface area contributed by atoms with Gasteiger partial charge in [-0.1, -0.05) is 23.7 Å². The predicted octanol–water partition coefficient (Wildman–Crippen LogP) is 4.39. The number of halogens is 1. The number of rotatable bonds is 2. The lowest BCUT2D eigenvalue weighted by molar-refractivity contribution is 1.13. The van der Waals surface area contributed by atoms with E-state index in [4.69, 9.17) is 11.6 Å². The summed E-state index contributed by atoms with van der Waals surface area (Å²) in [6, 6.07) is 8.50. The molecule has 2 heterocycles. The lowest BCUT2D eigenvalue weighted by atomic mass is 10.1. The molecule has 0 aliphatic carbocycles. The van der Waals surface area contributed by atoms with Crippen molar-refractivity contribution in [2.45, 2.75) is 6.92 Å². The number of aromatic nitrogens is 2. The van der Waals surface area contributed by atoms with E-state index in [1.54, 1.807) is 11.3 Å². The van der Waals surface area contributed by atoms with E-state index in [1.165, 1.54) is 22.5 Å². The highest BCUT2D eigenvalue weighted by molar-refractivity contribution is 7.23. The number of thiophene rings is 1. The van der Waals surface area contributed by atoms with Gasteiger partial charge in [-0.25, -0.2) is 9.97 Å². The molecule has 0 saturated heterocycles. The van der Waals surface area contributed by atoms with Crippen LogP contribution in [0.5, 0.6) is 0 Å². The molecule has 102 valence electrons. The van der Waals surface area contributed by atoms with Crippen molar-refractivity contribution in [3.8, 4) is 10.4 Å². The zero-order valence-corrected chi connectivity index (χ0v) is 13.1. The number of fused-ring (bicyclic) bond motifs is 1. The van der Waals surface area contributed by atoms with Gasteiger partial charge in [0.2, 0.25) is 0 Å². The van der Waals surface area contributed by atoms with Crippen LogP contribution in [-0.4, -0.2) is 24.1 Å². The molecule has 0 N–H and O–H groups in total. The van der Waals surface area contributed by atoms with E-state index in [2.05, 4.69) is 46.1 Å². The first kappa shape index (κ1) is 13.3. The number of hydrogen-bond donors (Lipinski definition) is 0. The van der Waals surface area contributed by atoms with Crippen LogP contribution in [0.3, 0.4) is 0 Å². The van der Waals surface area contributed by atoms with E-state index >= 15 is 0 Å².